The molecular weight excluding hydrogens is 221 g/mol. The van der Waals surface area contributed by atoms with Crippen LogP contribution in [0.5, 0.6) is 0 Å². The Kier molecular flexibility index (Phi) is 3.52. The van der Waals surface area contributed by atoms with Gasteiger partial charge in [0.2, 0.25) is 5.91 Å². The fourth-order valence-electron chi connectivity index (χ4n) is 1.43. The molecule has 0 heterocycles. The number of hydrogen-bond acceptors (Lipinski definition) is 2. The molecule has 3 nitrogen and oxygen atoms in total. The van der Waals surface area contributed by atoms with E-state index >= 15 is 0 Å². The molecule has 0 radical (unpaired) electrons. The number of nitrogens with two attached hydrogens (primary N) is 1. The van der Waals surface area contributed by atoms with E-state index in [9.17, 15) is 18.0 Å². The lowest BCUT2D eigenvalue weighted by molar-refractivity contribution is -0.165. The van der Waals surface area contributed by atoms with Crippen LogP contribution in [0.1, 0.15) is 33.1 Å². The summed E-state index contributed by atoms with van der Waals surface area (Å²) in [5.41, 5.74) is 4.49. The van der Waals surface area contributed by atoms with E-state index in [1.807, 2.05) is 0 Å². The number of carbonyl (C=O) groups excluding carboxylic acids is 1. The lowest BCUT2D eigenvalue weighted by atomic mass is 9.98. The van der Waals surface area contributed by atoms with Crippen molar-refractivity contribution in [2.24, 2.45) is 5.73 Å². The van der Waals surface area contributed by atoms with Gasteiger partial charge >= 0.3 is 6.18 Å². The van der Waals surface area contributed by atoms with Gasteiger partial charge in [0.05, 0.1) is 5.54 Å². The van der Waals surface area contributed by atoms with Gasteiger partial charge in [-0.1, -0.05) is 6.92 Å². The van der Waals surface area contributed by atoms with Crippen molar-refractivity contribution >= 4 is 5.91 Å². The van der Waals surface area contributed by atoms with Gasteiger partial charge in [0.25, 0.3) is 0 Å². The fraction of sp³-hybridized carbons (Fsp3) is 0.900. The summed E-state index contributed by atoms with van der Waals surface area (Å²) in [6, 6.07) is -0.274. The molecule has 1 saturated carbocycles. The van der Waals surface area contributed by atoms with Gasteiger partial charge in [-0.15, -0.1) is 0 Å². The Labute approximate surface area is 92.8 Å². The molecular formula is C10H17F3N2O. The Morgan fingerprint density at radius 1 is 1.44 bits per heavy atom. The van der Waals surface area contributed by atoms with Gasteiger partial charge in [0.15, 0.2) is 0 Å². The quantitative estimate of drug-likeness (QED) is 0.809. The van der Waals surface area contributed by atoms with E-state index in [0.29, 0.717) is 19.3 Å². The maximum absolute atomic E-state index is 12.3. The van der Waals surface area contributed by atoms with Gasteiger partial charge in [-0.25, -0.2) is 0 Å². The van der Waals surface area contributed by atoms with Crippen molar-refractivity contribution in [1.82, 2.24) is 4.90 Å². The molecule has 94 valence electrons. The Bertz CT molecular complexity index is 272. The summed E-state index contributed by atoms with van der Waals surface area (Å²) < 4.78 is 36.9. The molecule has 0 bridgehead atoms. The van der Waals surface area contributed by atoms with Gasteiger partial charge in [-0.2, -0.15) is 13.2 Å². The van der Waals surface area contributed by atoms with Gasteiger partial charge < -0.3 is 10.6 Å². The number of hydrogen-bond donors (Lipinski definition) is 1. The van der Waals surface area contributed by atoms with E-state index < -0.39 is 24.2 Å². The van der Waals surface area contributed by atoms with Crippen molar-refractivity contribution in [3.8, 4) is 0 Å². The maximum Gasteiger partial charge on any atom is 0.406 e. The summed E-state index contributed by atoms with van der Waals surface area (Å²) in [6.45, 7) is 1.97. The zero-order chi connectivity index (χ0) is 12.6. The molecule has 0 saturated heterocycles. The molecule has 1 unspecified atom stereocenters. The van der Waals surface area contributed by atoms with E-state index in [2.05, 4.69) is 0 Å². The van der Waals surface area contributed by atoms with E-state index in [0.717, 1.165) is 4.90 Å². The van der Waals surface area contributed by atoms with Crippen LogP contribution in [0.2, 0.25) is 0 Å². The van der Waals surface area contributed by atoms with Crippen LogP contribution in [0.15, 0.2) is 0 Å². The van der Waals surface area contributed by atoms with Crippen molar-refractivity contribution in [2.45, 2.75) is 50.9 Å². The van der Waals surface area contributed by atoms with Crippen molar-refractivity contribution in [1.29, 1.82) is 0 Å². The minimum absolute atomic E-state index is 0.274. The normalized spacial score (nSPS) is 20.4. The highest BCUT2D eigenvalue weighted by Gasteiger charge is 2.44. The molecule has 1 amide bonds. The monoisotopic (exact) mass is 238 g/mol. The zero-order valence-corrected chi connectivity index (χ0v) is 9.47. The van der Waals surface area contributed by atoms with E-state index in [-0.39, 0.29) is 6.04 Å². The Hall–Kier alpha value is -0.780. The summed E-state index contributed by atoms with van der Waals surface area (Å²) in [6.07, 6.45) is -2.75. The van der Waals surface area contributed by atoms with Crippen molar-refractivity contribution in [2.75, 3.05) is 6.54 Å². The number of halogens is 3. The number of nitrogens with zero attached hydrogens (tertiary/aromatic N) is 1. The first-order valence-corrected chi connectivity index (χ1v) is 5.34. The standard InChI is InChI=1S/C10H17F3N2O/c1-3-9(2,14)8(16)15(7-4-5-7)6-10(11,12)13/h7H,3-6,14H2,1-2H3. The molecule has 1 fully saturated rings. The van der Waals surface area contributed by atoms with Crippen molar-refractivity contribution in [3.63, 3.8) is 0 Å². The molecule has 1 rings (SSSR count). The molecule has 0 aromatic rings. The second-order valence-electron chi connectivity index (χ2n) is 4.55. The fourth-order valence-corrected chi connectivity index (χ4v) is 1.43. The molecule has 0 spiro atoms. The smallest absolute Gasteiger partial charge is 0.329 e. The number of amides is 1. The first kappa shape index (κ1) is 13.3. The predicted octanol–water partition coefficient (Wildman–Crippen LogP) is 1.67. The Balaban J connectivity index is 2.74. The second-order valence-corrected chi connectivity index (χ2v) is 4.55. The summed E-state index contributed by atoms with van der Waals surface area (Å²) in [5.74, 6) is -0.602. The first-order chi connectivity index (χ1) is 7.17. The molecule has 1 aliphatic rings. The zero-order valence-electron chi connectivity index (χ0n) is 9.47. The van der Waals surface area contributed by atoms with Crippen LogP contribution in [0, 0.1) is 0 Å². The summed E-state index contributed by atoms with van der Waals surface area (Å²) in [7, 11) is 0. The molecule has 0 aromatic carbocycles. The molecule has 2 N–H and O–H groups in total. The van der Waals surface area contributed by atoms with Crippen LogP contribution in [-0.4, -0.2) is 35.1 Å². The van der Waals surface area contributed by atoms with Crippen molar-refractivity contribution in [3.05, 3.63) is 0 Å². The number of alkyl halides is 3. The molecule has 0 aliphatic heterocycles. The van der Waals surface area contributed by atoms with Crippen LogP contribution in [-0.2, 0) is 4.79 Å². The summed E-state index contributed by atoms with van der Waals surface area (Å²) in [4.78, 5) is 12.7. The van der Waals surface area contributed by atoms with Crippen LogP contribution < -0.4 is 5.73 Å². The van der Waals surface area contributed by atoms with E-state index in [1.54, 1.807) is 6.92 Å². The average Bonchev–Trinajstić information content (AvgIpc) is 2.95. The van der Waals surface area contributed by atoms with E-state index in [1.165, 1.54) is 6.92 Å². The molecule has 0 aromatic heterocycles. The highest BCUT2D eigenvalue weighted by Crippen LogP contribution is 2.31. The Morgan fingerprint density at radius 2 is 1.94 bits per heavy atom. The maximum atomic E-state index is 12.3. The largest absolute Gasteiger partial charge is 0.406 e. The lowest BCUT2D eigenvalue weighted by Crippen LogP contribution is -2.55. The SMILES string of the molecule is CCC(C)(N)C(=O)N(CC(F)(F)F)C1CC1. The van der Waals surface area contributed by atoms with Crippen LogP contribution in [0.3, 0.4) is 0 Å². The molecule has 1 aliphatic carbocycles. The van der Waals surface area contributed by atoms with Crippen LogP contribution >= 0.6 is 0 Å². The third-order valence-electron chi connectivity index (χ3n) is 2.82. The predicted molar refractivity (Wildman–Crippen MR) is 53.7 cm³/mol. The van der Waals surface area contributed by atoms with Crippen molar-refractivity contribution < 1.29 is 18.0 Å². The van der Waals surface area contributed by atoms with Gasteiger partial charge in [-0.05, 0) is 26.2 Å². The molecule has 1 atom stereocenters. The van der Waals surface area contributed by atoms with Gasteiger partial charge in [0.1, 0.15) is 6.54 Å². The number of rotatable bonds is 4. The topological polar surface area (TPSA) is 46.3 Å². The van der Waals surface area contributed by atoms with Crippen LogP contribution in [0.25, 0.3) is 0 Å². The molecule has 6 heteroatoms. The molecule has 16 heavy (non-hydrogen) atoms. The van der Waals surface area contributed by atoms with E-state index in [4.69, 9.17) is 5.73 Å². The minimum atomic E-state index is -4.36. The Morgan fingerprint density at radius 3 is 2.25 bits per heavy atom. The third kappa shape index (κ3) is 3.37. The lowest BCUT2D eigenvalue weighted by Gasteiger charge is -2.31. The first-order valence-electron chi connectivity index (χ1n) is 5.34. The highest BCUT2D eigenvalue weighted by atomic mass is 19.4. The average molecular weight is 238 g/mol. The summed E-state index contributed by atoms with van der Waals surface area (Å²) in [5, 5.41) is 0. The highest BCUT2D eigenvalue weighted by molar-refractivity contribution is 5.86. The number of carbonyl (C=O) groups is 1. The third-order valence-corrected chi connectivity index (χ3v) is 2.82. The summed E-state index contributed by atoms with van der Waals surface area (Å²) >= 11 is 0. The minimum Gasteiger partial charge on any atom is -0.329 e. The van der Waals surface area contributed by atoms with Gasteiger partial charge in [-0.3, -0.25) is 4.79 Å². The van der Waals surface area contributed by atoms with Gasteiger partial charge in [0, 0.05) is 6.04 Å². The van der Waals surface area contributed by atoms with Crippen LogP contribution in [0.4, 0.5) is 13.2 Å². The second kappa shape index (κ2) is 4.24.